The Morgan fingerprint density at radius 1 is 1.07 bits per heavy atom. The number of hydrogen-bond acceptors (Lipinski definition) is 6. The molecule has 1 fully saturated rings. The molecular weight excluding hydrogens is 493 g/mol. The second kappa shape index (κ2) is 9.38. The number of halogens is 1. The highest BCUT2D eigenvalue weighted by Crippen LogP contribution is 2.35. The van der Waals surface area contributed by atoms with E-state index in [4.69, 9.17) is 0 Å². The van der Waals surface area contributed by atoms with Crippen molar-refractivity contribution in [1.29, 1.82) is 0 Å². The quantitative estimate of drug-likeness (QED) is 0.276. The van der Waals surface area contributed by atoms with Crippen LogP contribution in [0.5, 0.6) is 0 Å². The van der Waals surface area contributed by atoms with Gasteiger partial charge < -0.3 is 10.2 Å². The molecule has 30 heavy (non-hydrogen) atoms. The smallest absolute Gasteiger partial charge is 0.351 e. The van der Waals surface area contributed by atoms with E-state index in [1.807, 2.05) is 35.2 Å². The van der Waals surface area contributed by atoms with E-state index < -0.39 is 0 Å². The Bertz CT molecular complexity index is 1010. The number of nitrogens with one attached hydrogen (secondary N) is 1. The number of anilines is 3. The van der Waals surface area contributed by atoms with Crippen molar-refractivity contribution in [3.05, 3.63) is 80.2 Å². The molecule has 4 rings (SSSR count). The summed E-state index contributed by atoms with van der Waals surface area (Å²) in [5.74, 6) is 1.19. The van der Waals surface area contributed by atoms with Crippen LogP contribution in [0.15, 0.2) is 60.9 Å². The summed E-state index contributed by atoms with van der Waals surface area (Å²) in [6.45, 7) is 1.50. The summed E-state index contributed by atoms with van der Waals surface area (Å²) in [7, 11) is 0. The highest BCUT2D eigenvalue weighted by atomic mass is 127. The van der Waals surface area contributed by atoms with Gasteiger partial charge in [-0.2, -0.15) is 0 Å². The summed E-state index contributed by atoms with van der Waals surface area (Å²) >= 11 is 2.22. The third-order valence-corrected chi connectivity index (χ3v) is 6.09. The van der Waals surface area contributed by atoms with Gasteiger partial charge >= 0.3 is 5.69 Å². The maximum absolute atomic E-state index is 11.9. The molecule has 0 atom stereocenters. The van der Waals surface area contributed by atoms with Gasteiger partial charge in [-0.05, 0) is 77.6 Å². The average molecular weight is 515 g/mol. The molecule has 0 unspecified atom stereocenters. The number of nitro groups is 1. The van der Waals surface area contributed by atoms with E-state index >= 15 is 0 Å². The molecule has 1 aliphatic heterocycles. The van der Waals surface area contributed by atoms with Gasteiger partial charge in [0.2, 0.25) is 11.6 Å². The monoisotopic (exact) mass is 515 g/mol. The van der Waals surface area contributed by atoms with E-state index in [2.05, 4.69) is 62.1 Å². The zero-order valence-electron chi connectivity index (χ0n) is 16.4. The Morgan fingerprint density at radius 3 is 2.43 bits per heavy atom. The van der Waals surface area contributed by atoms with Crippen LogP contribution in [0.3, 0.4) is 0 Å². The molecule has 1 aliphatic rings. The molecule has 2 heterocycles. The van der Waals surface area contributed by atoms with Gasteiger partial charge in [-0.25, -0.2) is 9.97 Å². The van der Waals surface area contributed by atoms with E-state index in [9.17, 15) is 10.1 Å². The van der Waals surface area contributed by atoms with Crippen LogP contribution < -0.4 is 10.2 Å². The first-order valence-corrected chi connectivity index (χ1v) is 11.0. The molecule has 154 valence electrons. The molecule has 2 aromatic carbocycles. The molecule has 0 radical (unpaired) electrons. The summed E-state index contributed by atoms with van der Waals surface area (Å²) in [5, 5.41) is 15.0. The number of benzene rings is 2. The maximum atomic E-state index is 11.9. The minimum atomic E-state index is -0.388. The van der Waals surface area contributed by atoms with Gasteiger partial charge in [0.15, 0.2) is 0 Å². The number of aromatic nitrogens is 2. The topological polar surface area (TPSA) is 84.2 Å². The van der Waals surface area contributed by atoms with Crippen LogP contribution in [0.2, 0.25) is 0 Å². The van der Waals surface area contributed by atoms with Crippen LogP contribution >= 0.6 is 22.6 Å². The number of piperidine rings is 1. The molecule has 0 spiro atoms. The summed E-state index contributed by atoms with van der Waals surface area (Å²) in [6, 6.07) is 18.1. The first-order valence-electron chi connectivity index (χ1n) is 9.91. The normalized spacial score (nSPS) is 14.5. The van der Waals surface area contributed by atoms with Crippen LogP contribution in [0, 0.1) is 19.6 Å². The van der Waals surface area contributed by atoms with Crippen molar-refractivity contribution in [3.63, 3.8) is 0 Å². The molecular formula is C22H22IN5O2. The molecule has 3 aromatic rings. The van der Waals surface area contributed by atoms with Gasteiger partial charge in [0.1, 0.15) is 6.33 Å². The lowest BCUT2D eigenvalue weighted by molar-refractivity contribution is -0.383. The highest BCUT2D eigenvalue weighted by molar-refractivity contribution is 14.1. The lowest BCUT2D eigenvalue weighted by Crippen LogP contribution is -2.35. The lowest BCUT2D eigenvalue weighted by atomic mass is 9.90. The predicted molar refractivity (Wildman–Crippen MR) is 126 cm³/mol. The van der Waals surface area contributed by atoms with Gasteiger partial charge in [-0.15, -0.1) is 0 Å². The van der Waals surface area contributed by atoms with Crippen LogP contribution in [0.1, 0.15) is 18.4 Å². The Hall–Kier alpha value is -2.75. The molecule has 0 saturated carbocycles. The average Bonchev–Trinajstić information content (AvgIpc) is 2.76. The molecule has 1 saturated heterocycles. The van der Waals surface area contributed by atoms with Crippen LogP contribution in [0.4, 0.5) is 23.0 Å². The maximum Gasteiger partial charge on any atom is 0.353 e. The fraction of sp³-hybridized carbons (Fsp3) is 0.273. The van der Waals surface area contributed by atoms with E-state index in [-0.39, 0.29) is 16.4 Å². The molecule has 1 N–H and O–H groups in total. The summed E-state index contributed by atoms with van der Waals surface area (Å²) < 4.78 is 1.09. The van der Waals surface area contributed by atoms with Gasteiger partial charge in [0.05, 0.1) is 4.92 Å². The van der Waals surface area contributed by atoms with E-state index in [1.165, 1.54) is 11.9 Å². The minimum Gasteiger partial charge on any atom is -0.351 e. The van der Waals surface area contributed by atoms with E-state index in [1.54, 1.807) is 0 Å². The molecule has 0 aliphatic carbocycles. The second-order valence-corrected chi connectivity index (χ2v) is 8.65. The predicted octanol–water partition coefficient (Wildman–Crippen LogP) is 5.19. The fourth-order valence-electron chi connectivity index (χ4n) is 3.83. The van der Waals surface area contributed by atoms with Crippen molar-refractivity contribution in [2.75, 3.05) is 23.3 Å². The van der Waals surface area contributed by atoms with Gasteiger partial charge in [0.25, 0.3) is 0 Å². The third-order valence-electron chi connectivity index (χ3n) is 5.37. The Morgan fingerprint density at radius 2 is 1.77 bits per heavy atom. The van der Waals surface area contributed by atoms with Crippen LogP contribution in [0.25, 0.3) is 0 Å². The summed E-state index contributed by atoms with van der Waals surface area (Å²) in [5.41, 5.74) is 2.02. The van der Waals surface area contributed by atoms with E-state index in [0.717, 1.165) is 41.6 Å². The molecule has 8 heteroatoms. The molecule has 1 aromatic heterocycles. The van der Waals surface area contributed by atoms with E-state index in [0.29, 0.717) is 11.7 Å². The van der Waals surface area contributed by atoms with Crippen LogP contribution in [-0.4, -0.2) is 28.0 Å². The molecule has 0 bridgehead atoms. The number of hydrogen-bond donors (Lipinski definition) is 1. The van der Waals surface area contributed by atoms with Crippen molar-refractivity contribution in [2.45, 2.75) is 19.3 Å². The Balaban J connectivity index is 1.50. The Kier molecular flexibility index (Phi) is 6.41. The van der Waals surface area contributed by atoms with Crippen molar-refractivity contribution >= 4 is 45.6 Å². The van der Waals surface area contributed by atoms with Crippen LogP contribution in [-0.2, 0) is 6.42 Å². The zero-order valence-corrected chi connectivity index (χ0v) is 18.5. The van der Waals surface area contributed by atoms with Crippen molar-refractivity contribution in [2.24, 2.45) is 5.92 Å². The lowest BCUT2D eigenvalue weighted by Gasteiger charge is -2.32. The number of nitrogens with zero attached hydrogens (tertiary/aromatic N) is 4. The minimum absolute atomic E-state index is 0.0717. The third kappa shape index (κ3) is 4.86. The second-order valence-electron chi connectivity index (χ2n) is 7.40. The Labute approximate surface area is 188 Å². The molecule has 7 nitrogen and oxygen atoms in total. The largest absolute Gasteiger partial charge is 0.353 e. The fourth-order valence-corrected chi connectivity index (χ4v) is 4.19. The van der Waals surface area contributed by atoms with Crippen molar-refractivity contribution in [3.8, 4) is 0 Å². The van der Waals surface area contributed by atoms with Crippen molar-refractivity contribution < 1.29 is 4.92 Å². The summed E-state index contributed by atoms with van der Waals surface area (Å²) in [6.07, 6.45) is 4.40. The zero-order chi connectivity index (χ0) is 20.9. The summed E-state index contributed by atoms with van der Waals surface area (Å²) in [4.78, 5) is 22.0. The first kappa shape index (κ1) is 20.5. The van der Waals surface area contributed by atoms with Gasteiger partial charge in [-0.3, -0.25) is 10.1 Å². The van der Waals surface area contributed by atoms with Gasteiger partial charge in [0, 0.05) is 22.3 Å². The van der Waals surface area contributed by atoms with Gasteiger partial charge in [-0.1, -0.05) is 30.3 Å². The first-order chi connectivity index (χ1) is 14.6. The SMILES string of the molecule is O=[N+]([O-])c1c(Nc2ccc(I)cc2)ncnc1N1CCC(Cc2ccccc2)CC1. The van der Waals surface area contributed by atoms with Crippen molar-refractivity contribution in [1.82, 2.24) is 9.97 Å². The number of rotatable bonds is 6. The standard InChI is InChI=1S/C22H22IN5O2/c23-18-6-8-19(9-7-18)26-21-20(28(29)30)22(25-15-24-21)27-12-10-17(11-13-27)14-16-4-2-1-3-5-16/h1-9,15,17H,10-14H2,(H,24,25,26). The highest BCUT2D eigenvalue weighted by Gasteiger charge is 2.30. The molecule has 0 amide bonds.